The van der Waals surface area contributed by atoms with Crippen molar-refractivity contribution in [2.24, 2.45) is 0 Å². The van der Waals surface area contributed by atoms with Crippen LogP contribution in [0.4, 0.5) is 0 Å². The summed E-state index contributed by atoms with van der Waals surface area (Å²) in [5.74, 6) is 0. The van der Waals surface area contributed by atoms with E-state index in [1.807, 2.05) is 25.1 Å². The molecule has 0 N–H and O–H groups in total. The highest BCUT2D eigenvalue weighted by Gasteiger charge is 2.01. The smallest absolute Gasteiger partial charge is 0.0785 e. The predicted octanol–water partition coefficient (Wildman–Crippen LogP) is 2.79. The van der Waals surface area contributed by atoms with Gasteiger partial charge in [-0.15, -0.1) is 6.58 Å². The summed E-state index contributed by atoms with van der Waals surface area (Å²) in [4.78, 5) is 0. The van der Waals surface area contributed by atoms with E-state index in [1.165, 1.54) is 5.56 Å². The van der Waals surface area contributed by atoms with Crippen molar-refractivity contribution >= 4 is 0 Å². The molecule has 15 heavy (non-hydrogen) atoms. The van der Waals surface area contributed by atoms with E-state index in [-0.39, 0.29) is 6.10 Å². The molecule has 1 aromatic rings. The van der Waals surface area contributed by atoms with E-state index < -0.39 is 0 Å². The van der Waals surface area contributed by atoms with Crippen molar-refractivity contribution in [2.75, 3.05) is 13.2 Å². The molecule has 0 spiro atoms. The SMILES string of the molecule is C=CCOCC(C)OCc1ccccc1. The monoisotopic (exact) mass is 206 g/mol. The molecular weight excluding hydrogens is 188 g/mol. The van der Waals surface area contributed by atoms with E-state index in [0.29, 0.717) is 19.8 Å². The first-order chi connectivity index (χ1) is 7.33. The molecule has 0 saturated carbocycles. The van der Waals surface area contributed by atoms with Gasteiger partial charge in [0.2, 0.25) is 0 Å². The Morgan fingerprint density at radius 2 is 2.07 bits per heavy atom. The Hall–Kier alpha value is -1.12. The fourth-order valence-corrected chi connectivity index (χ4v) is 1.18. The van der Waals surface area contributed by atoms with Crippen LogP contribution in [0.15, 0.2) is 43.0 Å². The Morgan fingerprint density at radius 1 is 1.33 bits per heavy atom. The van der Waals surface area contributed by atoms with Crippen LogP contribution in [0.3, 0.4) is 0 Å². The van der Waals surface area contributed by atoms with Gasteiger partial charge >= 0.3 is 0 Å². The fourth-order valence-electron chi connectivity index (χ4n) is 1.18. The molecule has 0 radical (unpaired) electrons. The second-order valence-electron chi connectivity index (χ2n) is 3.43. The topological polar surface area (TPSA) is 18.5 Å². The summed E-state index contributed by atoms with van der Waals surface area (Å²) >= 11 is 0. The molecule has 0 bridgehead atoms. The Labute approximate surface area is 91.5 Å². The molecule has 0 fully saturated rings. The standard InChI is InChI=1S/C13H18O2/c1-3-9-14-10-12(2)15-11-13-7-5-4-6-8-13/h3-8,12H,1,9-11H2,2H3. The van der Waals surface area contributed by atoms with Crippen molar-refractivity contribution in [3.63, 3.8) is 0 Å². The molecule has 0 amide bonds. The Morgan fingerprint density at radius 3 is 2.73 bits per heavy atom. The first-order valence-corrected chi connectivity index (χ1v) is 5.17. The molecule has 0 aliphatic heterocycles. The van der Waals surface area contributed by atoms with Crippen molar-refractivity contribution in [3.8, 4) is 0 Å². The van der Waals surface area contributed by atoms with E-state index in [0.717, 1.165) is 0 Å². The molecule has 0 aromatic heterocycles. The second kappa shape index (κ2) is 7.21. The van der Waals surface area contributed by atoms with Gasteiger partial charge in [0.05, 0.1) is 25.9 Å². The van der Waals surface area contributed by atoms with Crippen molar-refractivity contribution in [3.05, 3.63) is 48.6 Å². The number of benzene rings is 1. The maximum absolute atomic E-state index is 5.62. The maximum Gasteiger partial charge on any atom is 0.0785 e. The summed E-state index contributed by atoms with van der Waals surface area (Å²) in [5.41, 5.74) is 1.19. The Balaban J connectivity index is 2.16. The maximum atomic E-state index is 5.62. The van der Waals surface area contributed by atoms with Gasteiger partial charge in [0.25, 0.3) is 0 Å². The van der Waals surface area contributed by atoms with Gasteiger partial charge in [-0.05, 0) is 12.5 Å². The normalized spacial score (nSPS) is 12.3. The van der Waals surface area contributed by atoms with Crippen LogP contribution in [0.5, 0.6) is 0 Å². The van der Waals surface area contributed by atoms with E-state index in [4.69, 9.17) is 9.47 Å². The first kappa shape index (κ1) is 12.0. The minimum absolute atomic E-state index is 0.116. The van der Waals surface area contributed by atoms with Crippen LogP contribution < -0.4 is 0 Å². The summed E-state index contributed by atoms with van der Waals surface area (Å²) in [6, 6.07) is 10.1. The van der Waals surface area contributed by atoms with Crippen LogP contribution >= 0.6 is 0 Å². The van der Waals surface area contributed by atoms with Gasteiger partial charge in [-0.1, -0.05) is 36.4 Å². The molecule has 0 heterocycles. The van der Waals surface area contributed by atoms with Crippen molar-refractivity contribution in [1.29, 1.82) is 0 Å². The number of hydrogen-bond acceptors (Lipinski definition) is 2. The first-order valence-electron chi connectivity index (χ1n) is 5.17. The highest BCUT2D eigenvalue weighted by atomic mass is 16.5. The lowest BCUT2D eigenvalue weighted by molar-refractivity contribution is -0.00808. The molecule has 2 heteroatoms. The number of hydrogen-bond donors (Lipinski definition) is 0. The largest absolute Gasteiger partial charge is 0.375 e. The third-order valence-electron chi connectivity index (χ3n) is 1.97. The van der Waals surface area contributed by atoms with E-state index in [9.17, 15) is 0 Å². The molecule has 1 atom stereocenters. The Kier molecular flexibility index (Phi) is 5.74. The van der Waals surface area contributed by atoms with Crippen LogP contribution in [0, 0.1) is 0 Å². The van der Waals surface area contributed by atoms with Gasteiger partial charge in [-0.3, -0.25) is 0 Å². The van der Waals surface area contributed by atoms with Gasteiger partial charge < -0.3 is 9.47 Å². The summed E-state index contributed by atoms with van der Waals surface area (Å²) in [5, 5.41) is 0. The minimum atomic E-state index is 0.116. The lowest BCUT2D eigenvalue weighted by Gasteiger charge is -2.12. The summed E-state index contributed by atoms with van der Waals surface area (Å²) in [6.07, 6.45) is 1.86. The third kappa shape index (κ3) is 5.35. The van der Waals surface area contributed by atoms with Gasteiger partial charge in [-0.2, -0.15) is 0 Å². The highest BCUT2D eigenvalue weighted by molar-refractivity contribution is 5.13. The third-order valence-corrected chi connectivity index (χ3v) is 1.97. The Bertz CT molecular complexity index is 269. The van der Waals surface area contributed by atoms with Gasteiger partial charge in [0.1, 0.15) is 0 Å². The molecule has 0 saturated heterocycles. The molecular formula is C13H18O2. The summed E-state index contributed by atoms with van der Waals surface area (Å²) < 4.78 is 10.9. The zero-order chi connectivity index (χ0) is 10.9. The van der Waals surface area contributed by atoms with Crippen LogP contribution in [-0.2, 0) is 16.1 Å². The molecule has 1 aromatic carbocycles. The van der Waals surface area contributed by atoms with Gasteiger partial charge in [0, 0.05) is 0 Å². The predicted molar refractivity (Wildman–Crippen MR) is 61.7 cm³/mol. The van der Waals surface area contributed by atoms with Gasteiger partial charge in [-0.25, -0.2) is 0 Å². The van der Waals surface area contributed by atoms with E-state index >= 15 is 0 Å². The van der Waals surface area contributed by atoms with E-state index in [1.54, 1.807) is 6.08 Å². The van der Waals surface area contributed by atoms with Crippen LogP contribution in [0.2, 0.25) is 0 Å². The fraction of sp³-hybridized carbons (Fsp3) is 0.385. The molecule has 82 valence electrons. The van der Waals surface area contributed by atoms with Crippen LogP contribution in [0.25, 0.3) is 0 Å². The van der Waals surface area contributed by atoms with E-state index in [2.05, 4.69) is 18.7 Å². The zero-order valence-corrected chi connectivity index (χ0v) is 9.19. The average molecular weight is 206 g/mol. The molecule has 1 unspecified atom stereocenters. The minimum Gasteiger partial charge on any atom is -0.375 e. The van der Waals surface area contributed by atoms with Crippen LogP contribution in [0.1, 0.15) is 12.5 Å². The highest BCUT2D eigenvalue weighted by Crippen LogP contribution is 2.03. The molecule has 1 rings (SSSR count). The zero-order valence-electron chi connectivity index (χ0n) is 9.19. The van der Waals surface area contributed by atoms with Gasteiger partial charge in [0.15, 0.2) is 0 Å². The summed E-state index contributed by atoms with van der Waals surface area (Å²) in [6.45, 7) is 7.42. The van der Waals surface area contributed by atoms with Crippen molar-refractivity contribution in [1.82, 2.24) is 0 Å². The quantitative estimate of drug-likeness (QED) is 0.504. The van der Waals surface area contributed by atoms with Crippen LogP contribution in [-0.4, -0.2) is 19.3 Å². The lowest BCUT2D eigenvalue weighted by Crippen LogP contribution is -2.15. The molecule has 2 nitrogen and oxygen atoms in total. The van der Waals surface area contributed by atoms with Crippen molar-refractivity contribution < 1.29 is 9.47 Å². The average Bonchev–Trinajstić information content (AvgIpc) is 2.28. The lowest BCUT2D eigenvalue weighted by atomic mass is 10.2. The summed E-state index contributed by atoms with van der Waals surface area (Å²) in [7, 11) is 0. The van der Waals surface area contributed by atoms with Crippen molar-refractivity contribution in [2.45, 2.75) is 19.6 Å². The molecule has 0 aliphatic rings. The molecule has 0 aliphatic carbocycles. The number of rotatable bonds is 7. The number of ether oxygens (including phenoxy) is 2. The second-order valence-corrected chi connectivity index (χ2v) is 3.43.